The summed E-state index contributed by atoms with van der Waals surface area (Å²) in [6.45, 7) is 8.51. The van der Waals surface area contributed by atoms with E-state index in [9.17, 15) is 4.79 Å². The van der Waals surface area contributed by atoms with Gasteiger partial charge in [0.1, 0.15) is 10.8 Å². The SMILES string of the molecule is Cc1ccc(C)c(OCC(=O)NCc2sc(-c3ccccc3C)nc2C)c1. The molecule has 3 rings (SSSR count). The zero-order chi connectivity index (χ0) is 19.4. The van der Waals surface area contributed by atoms with Gasteiger partial charge in [-0.2, -0.15) is 0 Å². The smallest absolute Gasteiger partial charge is 0.258 e. The highest BCUT2D eigenvalue weighted by atomic mass is 32.1. The van der Waals surface area contributed by atoms with Crippen molar-refractivity contribution in [3.63, 3.8) is 0 Å². The van der Waals surface area contributed by atoms with E-state index in [1.165, 1.54) is 5.56 Å². The summed E-state index contributed by atoms with van der Waals surface area (Å²) in [6, 6.07) is 14.2. The van der Waals surface area contributed by atoms with Gasteiger partial charge in [0.2, 0.25) is 0 Å². The molecule has 0 aliphatic heterocycles. The van der Waals surface area contributed by atoms with Crippen LogP contribution >= 0.6 is 11.3 Å². The number of thiazole rings is 1. The molecule has 2 aromatic carbocycles. The minimum Gasteiger partial charge on any atom is -0.483 e. The quantitative estimate of drug-likeness (QED) is 0.672. The molecule has 1 N–H and O–H groups in total. The first-order valence-corrected chi connectivity index (χ1v) is 9.74. The topological polar surface area (TPSA) is 51.2 Å². The summed E-state index contributed by atoms with van der Waals surface area (Å²) < 4.78 is 5.66. The minimum absolute atomic E-state index is 0.00674. The Bertz CT molecular complexity index is 963. The Morgan fingerprint density at radius 3 is 2.63 bits per heavy atom. The lowest BCUT2D eigenvalue weighted by molar-refractivity contribution is -0.123. The molecule has 0 radical (unpaired) electrons. The molecule has 4 nitrogen and oxygen atoms in total. The molecule has 1 amide bonds. The summed E-state index contributed by atoms with van der Waals surface area (Å²) in [5.74, 6) is 0.613. The number of hydrogen-bond donors (Lipinski definition) is 1. The van der Waals surface area contributed by atoms with E-state index in [0.29, 0.717) is 6.54 Å². The van der Waals surface area contributed by atoms with E-state index in [-0.39, 0.29) is 12.5 Å². The average molecular weight is 381 g/mol. The first-order chi connectivity index (χ1) is 12.9. The maximum Gasteiger partial charge on any atom is 0.258 e. The second kappa shape index (κ2) is 8.35. The lowest BCUT2D eigenvalue weighted by Crippen LogP contribution is -2.28. The number of aryl methyl sites for hydroxylation is 4. The van der Waals surface area contributed by atoms with Crippen LogP contribution in [0.4, 0.5) is 0 Å². The Hall–Kier alpha value is -2.66. The number of hydrogen-bond acceptors (Lipinski definition) is 4. The maximum absolute atomic E-state index is 12.2. The zero-order valence-electron chi connectivity index (χ0n) is 16.1. The van der Waals surface area contributed by atoms with Crippen LogP contribution in [0.15, 0.2) is 42.5 Å². The predicted octanol–water partition coefficient (Wildman–Crippen LogP) is 4.74. The molecule has 27 heavy (non-hydrogen) atoms. The number of nitrogens with one attached hydrogen (secondary N) is 1. The molecule has 0 saturated carbocycles. The summed E-state index contributed by atoms with van der Waals surface area (Å²) in [4.78, 5) is 17.9. The van der Waals surface area contributed by atoms with Crippen LogP contribution < -0.4 is 10.1 Å². The molecule has 0 saturated heterocycles. The highest BCUT2D eigenvalue weighted by Gasteiger charge is 2.12. The van der Waals surface area contributed by atoms with Crippen LogP contribution in [0.2, 0.25) is 0 Å². The van der Waals surface area contributed by atoms with Crippen LogP contribution in [0.3, 0.4) is 0 Å². The largest absolute Gasteiger partial charge is 0.483 e. The van der Waals surface area contributed by atoms with E-state index in [4.69, 9.17) is 4.74 Å². The number of carbonyl (C=O) groups is 1. The van der Waals surface area contributed by atoms with Crippen molar-refractivity contribution in [2.75, 3.05) is 6.61 Å². The van der Waals surface area contributed by atoms with Gasteiger partial charge in [-0.05, 0) is 50.5 Å². The highest BCUT2D eigenvalue weighted by Crippen LogP contribution is 2.30. The molecule has 1 heterocycles. The molecule has 0 atom stereocenters. The Morgan fingerprint density at radius 2 is 1.85 bits per heavy atom. The van der Waals surface area contributed by atoms with Gasteiger partial charge in [0.15, 0.2) is 6.61 Å². The number of carbonyl (C=O) groups excluding carboxylic acids is 1. The van der Waals surface area contributed by atoms with Gasteiger partial charge in [-0.1, -0.05) is 36.4 Å². The standard InChI is InChI=1S/C22H24N2O2S/c1-14-9-10-16(3)19(11-14)26-13-21(25)23-12-20-17(4)24-22(27-20)18-8-6-5-7-15(18)2/h5-11H,12-13H2,1-4H3,(H,23,25). The van der Waals surface area contributed by atoms with Crippen molar-refractivity contribution >= 4 is 17.2 Å². The summed E-state index contributed by atoms with van der Waals surface area (Å²) >= 11 is 1.62. The average Bonchev–Trinajstić information content (AvgIpc) is 3.01. The number of rotatable bonds is 6. The fourth-order valence-electron chi connectivity index (χ4n) is 2.76. The summed E-state index contributed by atoms with van der Waals surface area (Å²) in [5.41, 5.74) is 5.42. The van der Waals surface area contributed by atoms with Crippen molar-refractivity contribution < 1.29 is 9.53 Å². The van der Waals surface area contributed by atoms with E-state index >= 15 is 0 Å². The molecular weight excluding hydrogens is 356 g/mol. The summed E-state index contributed by atoms with van der Waals surface area (Å²) in [6.07, 6.45) is 0. The van der Waals surface area contributed by atoms with Gasteiger partial charge in [-0.15, -0.1) is 11.3 Å². The van der Waals surface area contributed by atoms with Crippen LogP contribution in [-0.4, -0.2) is 17.5 Å². The van der Waals surface area contributed by atoms with E-state index in [1.54, 1.807) is 11.3 Å². The molecule has 0 aliphatic rings. The van der Waals surface area contributed by atoms with Crippen LogP contribution in [-0.2, 0) is 11.3 Å². The van der Waals surface area contributed by atoms with Gasteiger partial charge in [-0.25, -0.2) is 4.98 Å². The van der Waals surface area contributed by atoms with Gasteiger partial charge in [0, 0.05) is 10.4 Å². The fraction of sp³-hybridized carbons (Fsp3) is 0.273. The van der Waals surface area contributed by atoms with Gasteiger partial charge in [0.05, 0.1) is 12.2 Å². The van der Waals surface area contributed by atoms with Crippen molar-refractivity contribution in [1.29, 1.82) is 0 Å². The van der Waals surface area contributed by atoms with Crippen LogP contribution in [0.5, 0.6) is 5.75 Å². The first-order valence-electron chi connectivity index (χ1n) is 8.93. The predicted molar refractivity (Wildman–Crippen MR) is 110 cm³/mol. The van der Waals surface area contributed by atoms with Crippen molar-refractivity contribution in [2.24, 2.45) is 0 Å². The zero-order valence-corrected chi connectivity index (χ0v) is 16.9. The third-order valence-corrected chi connectivity index (χ3v) is 5.61. The van der Waals surface area contributed by atoms with E-state index in [1.807, 2.05) is 51.1 Å². The van der Waals surface area contributed by atoms with E-state index < -0.39 is 0 Å². The molecule has 0 fully saturated rings. The Balaban J connectivity index is 1.59. The second-order valence-electron chi connectivity index (χ2n) is 6.68. The van der Waals surface area contributed by atoms with Gasteiger partial charge < -0.3 is 10.1 Å². The highest BCUT2D eigenvalue weighted by molar-refractivity contribution is 7.15. The molecule has 0 aliphatic carbocycles. The third kappa shape index (κ3) is 4.74. The van der Waals surface area contributed by atoms with E-state index in [2.05, 4.69) is 29.4 Å². The molecular formula is C22H24N2O2S. The first kappa shape index (κ1) is 19.1. The van der Waals surface area contributed by atoms with Gasteiger partial charge in [-0.3, -0.25) is 4.79 Å². The van der Waals surface area contributed by atoms with Crippen molar-refractivity contribution in [1.82, 2.24) is 10.3 Å². The van der Waals surface area contributed by atoms with Crippen LogP contribution in [0.1, 0.15) is 27.3 Å². The van der Waals surface area contributed by atoms with Crippen molar-refractivity contribution in [2.45, 2.75) is 34.2 Å². The number of nitrogens with zero attached hydrogens (tertiary/aromatic N) is 1. The van der Waals surface area contributed by atoms with Crippen LogP contribution in [0.25, 0.3) is 10.6 Å². The molecule has 5 heteroatoms. The molecule has 1 aromatic heterocycles. The lowest BCUT2D eigenvalue weighted by Gasteiger charge is -2.10. The molecule has 3 aromatic rings. The van der Waals surface area contributed by atoms with Crippen molar-refractivity contribution in [3.05, 3.63) is 69.7 Å². The monoisotopic (exact) mass is 380 g/mol. The number of amides is 1. The molecule has 0 bridgehead atoms. The molecule has 140 valence electrons. The van der Waals surface area contributed by atoms with Crippen LogP contribution in [0, 0.1) is 27.7 Å². The number of benzene rings is 2. The fourth-order valence-corrected chi connectivity index (χ4v) is 3.85. The number of aromatic nitrogens is 1. The summed E-state index contributed by atoms with van der Waals surface area (Å²) in [5, 5.41) is 3.92. The maximum atomic E-state index is 12.2. The Morgan fingerprint density at radius 1 is 1.07 bits per heavy atom. The normalized spacial score (nSPS) is 10.7. The van der Waals surface area contributed by atoms with Gasteiger partial charge in [0.25, 0.3) is 5.91 Å². The minimum atomic E-state index is -0.138. The van der Waals surface area contributed by atoms with E-state index in [0.717, 1.165) is 38.0 Å². The molecule has 0 spiro atoms. The Kier molecular flexibility index (Phi) is 5.91. The summed E-state index contributed by atoms with van der Waals surface area (Å²) in [7, 11) is 0. The lowest BCUT2D eigenvalue weighted by atomic mass is 10.1. The Labute approximate surface area is 164 Å². The third-order valence-electron chi connectivity index (χ3n) is 4.42. The van der Waals surface area contributed by atoms with Gasteiger partial charge >= 0.3 is 0 Å². The van der Waals surface area contributed by atoms with Crippen molar-refractivity contribution in [3.8, 4) is 16.3 Å². The molecule has 0 unspecified atom stereocenters. The number of ether oxygens (including phenoxy) is 1. The second-order valence-corrected chi connectivity index (χ2v) is 7.76.